The van der Waals surface area contributed by atoms with E-state index in [0.717, 1.165) is 35.3 Å². The monoisotopic (exact) mass is 292 g/mol. The normalized spacial score (nSPS) is 26.1. The van der Waals surface area contributed by atoms with Gasteiger partial charge in [-0.05, 0) is 31.0 Å². The lowest BCUT2D eigenvalue weighted by molar-refractivity contribution is 0.0910. The molecule has 0 bridgehead atoms. The molecule has 1 saturated carbocycles. The average molecular weight is 292 g/mol. The summed E-state index contributed by atoms with van der Waals surface area (Å²) in [5.41, 5.74) is 2.71. The van der Waals surface area contributed by atoms with Crippen LogP contribution in [0.25, 0.3) is 17.0 Å². The lowest BCUT2D eigenvalue weighted by Gasteiger charge is -2.53. The summed E-state index contributed by atoms with van der Waals surface area (Å²) >= 11 is 0. The maximum absolute atomic E-state index is 4.71. The van der Waals surface area contributed by atoms with E-state index in [-0.39, 0.29) is 0 Å². The predicted molar refractivity (Wildman–Crippen MR) is 83.5 cm³/mol. The van der Waals surface area contributed by atoms with Crippen LogP contribution in [-0.2, 0) is 0 Å². The molecule has 6 heteroatoms. The van der Waals surface area contributed by atoms with Crippen molar-refractivity contribution < 1.29 is 0 Å². The summed E-state index contributed by atoms with van der Waals surface area (Å²) in [6.07, 6.45) is 8.63. The van der Waals surface area contributed by atoms with Crippen LogP contribution < -0.4 is 10.6 Å². The molecule has 5 rings (SSSR count). The standard InChI is InChI=1S/C16H16N6/c1-2-4-22-13(8-18-15(22)3-1)12-7-17-9-14(21-12)20-11-5-10-6-19-16(10)11/h1-4,7-11,16,19H,5-6H2,(H,20,21). The molecule has 2 N–H and O–H groups in total. The van der Waals surface area contributed by atoms with Crippen molar-refractivity contribution in [2.75, 3.05) is 11.9 Å². The third kappa shape index (κ3) is 1.74. The number of hydrogen-bond acceptors (Lipinski definition) is 5. The Labute approximate surface area is 127 Å². The van der Waals surface area contributed by atoms with E-state index in [0.29, 0.717) is 12.1 Å². The molecule has 2 fully saturated rings. The Morgan fingerprint density at radius 1 is 1.23 bits per heavy atom. The molecule has 3 aromatic heterocycles. The summed E-state index contributed by atoms with van der Waals surface area (Å²) in [6.45, 7) is 1.16. The minimum Gasteiger partial charge on any atom is -0.364 e. The number of rotatable bonds is 3. The van der Waals surface area contributed by atoms with Crippen LogP contribution in [0.5, 0.6) is 0 Å². The van der Waals surface area contributed by atoms with Gasteiger partial charge in [0.2, 0.25) is 0 Å². The molecule has 0 radical (unpaired) electrons. The van der Waals surface area contributed by atoms with Crippen LogP contribution in [0.4, 0.5) is 5.82 Å². The van der Waals surface area contributed by atoms with Crippen LogP contribution in [0.1, 0.15) is 6.42 Å². The average Bonchev–Trinajstić information content (AvgIpc) is 2.96. The zero-order valence-electron chi connectivity index (χ0n) is 12.0. The molecular weight excluding hydrogens is 276 g/mol. The van der Waals surface area contributed by atoms with Gasteiger partial charge in [0.05, 0.1) is 24.3 Å². The van der Waals surface area contributed by atoms with E-state index in [1.165, 1.54) is 6.42 Å². The quantitative estimate of drug-likeness (QED) is 0.767. The molecular formula is C16H16N6. The second-order valence-corrected chi connectivity index (χ2v) is 6.04. The Morgan fingerprint density at radius 2 is 2.23 bits per heavy atom. The summed E-state index contributed by atoms with van der Waals surface area (Å²) in [5.74, 6) is 1.69. The fraction of sp³-hybridized carbons (Fsp3) is 0.312. The second-order valence-electron chi connectivity index (χ2n) is 6.04. The lowest BCUT2D eigenvalue weighted by Crippen LogP contribution is -2.70. The first-order chi connectivity index (χ1) is 10.9. The van der Waals surface area contributed by atoms with Gasteiger partial charge in [-0.1, -0.05) is 6.07 Å². The van der Waals surface area contributed by atoms with Gasteiger partial charge in [-0.3, -0.25) is 9.38 Å². The van der Waals surface area contributed by atoms with Gasteiger partial charge in [0.1, 0.15) is 17.2 Å². The Balaban J connectivity index is 1.46. The summed E-state index contributed by atoms with van der Waals surface area (Å²) in [4.78, 5) is 13.5. The Morgan fingerprint density at radius 3 is 3.05 bits per heavy atom. The predicted octanol–water partition coefficient (Wildman–Crippen LogP) is 1.56. The SMILES string of the molecule is c1ccn2c(-c3cncc(NC4CC5CNC54)n3)cnc2c1. The van der Waals surface area contributed by atoms with E-state index in [2.05, 4.69) is 20.6 Å². The van der Waals surface area contributed by atoms with E-state index in [9.17, 15) is 0 Å². The van der Waals surface area contributed by atoms with Gasteiger partial charge in [0.25, 0.3) is 0 Å². The van der Waals surface area contributed by atoms with Gasteiger partial charge in [-0.25, -0.2) is 9.97 Å². The molecule has 0 amide bonds. The van der Waals surface area contributed by atoms with Crippen molar-refractivity contribution >= 4 is 11.5 Å². The van der Waals surface area contributed by atoms with Gasteiger partial charge in [-0.15, -0.1) is 0 Å². The lowest BCUT2D eigenvalue weighted by atomic mass is 9.69. The molecule has 0 spiro atoms. The Bertz CT molecular complexity index is 841. The van der Waals surface area contributed by atoms with Crippen LogP contribution in [0, 0.1) is 5.92 Å². The summed E-state index contributed by atoms with van der Waals surface area (Å²) < 4.78 is 2.03. The first kappa shape index (κ1) is 12.1. The van der Waals surface area contributed by atoms with Crippen LogP contribution in [0.3, 0.4) is 0 Å². The van der Waals surface area contributed by atoms with Crippen molar-refractivity contribution in [2.24, 2.45) is 5.92 Å². The number of imidazole rings is 1. The van der Waals surface area contributed by atoms with Crippen molar-refractivity contribution in [1.29, 1.82) is 0 Å². The van der Waals surface area contributed by atoms with Crippen molar-refractivity contribution in [3.05, 3.63) is 43.0 Å². The number of piperidine rings is 1. The van der Waals surface area contributed by atoms with Crippen molar-refractivity contribution in [2.45, 2.75) is 18.5 Å². The fourth-order valence-electron chi connectivity index (χ4n) is 3.42. The first-order valence-electron chi connectivity index (χ1n) is 7.63. The van der Waals surface area contributed by atoms with Crippen LogP contribution in [-0.4, -0.2) is 38.0 Å². The molecule has 4 heterocycles. The van der Waals surface area contributed by atoms with E-state index < -0.39 is 0 Å². The van der Waals surface area contributed by atoms with Gasteiger partial charge in [0, 0.05) is 18.3 Å². The van der Waals surface area contributed by atoms with Gasteiger partial charge >= 0.3 is 0 Å². The molecule has 2 aliphatic rings. The summed E-state index contributed by atoms with van der Waals surface area (Å²) in [6, 6.07) is 7.04. The zero-order chi connectivity index (χ0) is 14.5. The van der Waals surface area contributed by atoms with E-state index in [4.69, 9.17) is 4.98 Å². The van der Waals surface area contributed by atoms with Gasteiger partial charge in [-0.2, -0.15) is 0 Å². The van der Waals surface area contributed by atoms with E-state index in [1.807, 2.05) is 35.0 Å². The largest absolute Gasteiger partial charge is 0.364 e. The molecule has 3 aromatic rings. The number of hydrogen-bond donors (Lipinski definition) is 2. The first-order valence-corrected chi connectivity index (χ1v) is 7.63. The molecule has 110 valence electrons. The van der Waals surface area contributed by atoms with E-state index >= 15 is 0 Å². The van der Waals surface area contributed by atoms with Gasteiger partial charge in [0.15, 0.2) is 0 Å². The van der Waals surface area contributed by atoms with Crippen molar-refractivity contribution in [1.82, 2.24) is 24.7 Å². The smallest absolute Gasteiger partial charge is 0.145 e. The Hall–Kier alpha value is -2.47. The molecule has 22 heavy (non-hydrogen) atoms. The molecule has 0 aromatic carbocycles. The second kappa shape index (κ2) is 4.51. The molecule has 3 unspecified atom stereocenters. The molecule has 1 aliphatic heterocycles. The van der Waals surface area contributed by atoms with Crippen LogP contribution in [0.2, 0.25) is 0 Å². The third-order valence-corrected chi connectivity index (χ3v) is 4.76. The number of nitrogens with one attached hydrogen (secondary N) is 2. The topological polar surface area (TPSA) is 67.1 Å². The van der Waals surface area contributed by atoms with Crippen LogP contribution >= 0.6 is 0 Å². The highest BCUT2D eigenvalue weighted by Gasteiger charge is 2.47. The maximum Gasteiger partial charge on any atom is 0.145 e. The number of nitrogens with zero attached hydrogens (tertiary/aromatic N) is 4. The molecule has 3 atom stereocenters. The third-order valence-electron chi connectivity index (χ3n) is 4.76. The maximum atomic E-state index is 4.71. The highest BCUT2D eigenvalue weighted by molar-refractivity contribution is 5.60. The van der Waals surface area contributed by atoms with E-state index in [1.54, 1.807) is 12.4 Å². The van der Waals surface area contributed by atoms with Crippen LogP contribution in [0.15, 0.2) is 43.0 Å². The summed E-state index contributed by atoms with van der Waals surface area (Å²) in [5, 5.41) is 6.95. The van der Waals surface area contributed by atoms with Crippen molar-refractivity contribution in [3.63, 3.8) is 0 Å². The number of aromatic nitrogens is 4. The van der Waals surface area contributed by atoms with Gasteiger partial charge < -0.3 is 10.6 Å². The minimum atomic E-state index is 0.477. The highest BCUT2D eigenvalue weighted by atomic mass is 15.2. The zero-order valence-corrected chi connectivity index (χ0v) is 12.0. The number of pyridine rings is 1. The number of fused-ring (bicyclic) bond motifs is 2. The molecule has 1 saturated heterocycles. The highest BCUT2D eigenvalue weighted by Crippen LogP contribution is 2.36. The minimum absolute atomic E-state index is 0.477. The number of anilines is 1. The molecule has 1 aliphatic carbocycles. The summed E-state index contributed by atoms with van der Waals surface area (Å²) in [7, 11) is 0. The Kier molecular flexibility index (Phi) is 2.48. The molecule has 6 nitrogen and oxygen atoms in total. The fourth-order valence-corrected chi connectivity index (χ4v) is 3.42. The van der Waals surface area contributed by atoms with Crippen molar-refractivity contribution in [3.8, 4) is 11.4 Å².